The lowest BCUT2D eigenvalue weighted by Crippen LogP contribution is -1.94. The molecule has 0 spiro atoms. The lowest BCUT2D eigenvalue weighted by atomic mass is 10.1. The number of H-pyrrole nitrogens is 1. The average molecular weight is 392 g/mol. The number of aromatic amines is 1. The van der Waals surface area contributed by atoms with E-state index in [1.54, 1.807) is 36.2 Å². The van der Waals surface area contributed by atoms with E-state index in [1.807, 2.05) is 30.5 Å². The molecule has 5 nitrogen and oxygen atoms in total. The molecule has 2 heterocycles. The number of nitrogens with one attached hydrogen (secondary N) is 1. The Kier molecular flexibility index (Phi) is 5.08. The number of hydrogen-bond donors (Lipinski definition) is 1. The minimum Gasteiger partial charge on any atom is -0.467 e. The minimum absolute atomic E-state index is 0.267. The molecule has 0 unspecified atom stereocenters. The van der Waals surface area contributed by atoms with Gasteiger partial charge in [-0.1, -0.05) is 12.1 Å². The van der Waals surface area contributed by atoms with Crippen LogP contribution in [0.3, 0.4) is 0 Å². The van der Waals surface area contributed by atoms with Gasteiger partial charge >= 0.3 is 6.01 Å². The van der Waals surface area contributed by atoms with E-state index in [0.717, 1.165) is 16.8 Å². The summed E-state index contributed by atoms with van der Waals surface area (Å²) in [5.74, 6) is 0.414. The number of halogens is 1. The highest BCUT2D eigenvalue weighted by molar-refractivity contribution is 7.98. The number of imidazole rings is 1. The van der Waals surface area contributed by atoms with Gasteiger partial charge in [-0.25, -0.2) is 14.4 Å². The first kappa shape index (κ1) is 18.2. The molecule has 28 heavy (non-hydrogen) atoms. The second kappa shape index (κ2) is 7.82. The molecule has 0 aliphatic rings. The van der Waals surface area contributed by atoms with Crippen molar-refractivity contribution in [3.8, 4) is 40.0 Å². The highest BCUT2D eigenvalue weighted by Gasteiger charge is 2.17. The molecule has 2 aromatic heterocycles. The van der Waals surface area contributed by atoms with Gasteiger partial charge < -0.3 is 9.72 Å². The van der Waals surface area contributed by atoms with Gasteiger partial charge in [0, 0.05) is 22.2 Å². The van der Waals surface area contributed by atoms with Gasteiger partial charge in [-0.2, -0.15) is 4.98 Å². The fourth-order valence-electron chi connectivity index (χ4n) is 2.84. The maximum absolute atomic E-state index is 13.4. The third-order valence-corrected chi connectivity index (χ3v) is 5.00. The van der Waals surface area contributed by atoms with Crippen LogP contribution in [0, 0.1) is 5.82 Å². The molecule has 0 bridgehead atoms. The summed E-state index contributed by atoms with van der Waals surface area (Å²) in [4.78, 5) is 17.8. The molecule has 1 N–H and O–H groups in total. The number of benzene rings is 2. The van der Waals surface area contributed by atoms with Crippen molar-refractivity contribution in [2.45, 2.75) is 4.90 Å². The predicted octanol–water partition coefficient (Wildman–Crippen LogP) is 5.07. The Morgan fingerprint density at radius 1 is 0.929 bits per heavy atom. The normalized spacial score (nSPS) is 10.8. The summed E-state index contributed by atoms with van der Waals surface area (Å²) in [6.45, 7) is 0. The first-order chi connectivity index (χ1) is 13.7. The zero-order chi connectivity index (χ0) is 19.5. The summed E-state index contributed by atoms with van der Waals surface area (Å²) in [5.41, 5.74) is 3.79. The molecule has 0 aliphatic carbocycles. The van der Waals surface area contributed by atoms with E-state index in [1.165, 1.54) is 24.1 Å². The van der Waals surface area contributed by atoms with Crippen LogP contribution in [0.15, 0.2) is 65.7 Å². The van der Waals surface area contributed by atoms with Crippen molar-refractivity contribution in [3.63, 3.8) is 0 Å². The SMILES string of the molecule is COc1nccc(-c2[nH]c(-c3ccc(SC)cc3)nc2-c2ccc(F)cc2)n1. The summed E-state index contributed by atoms with van der Waals surface area (Å²) < 4.78 is 18.5. The van der Waals surface area contributed by atoms with Crippen molar-refractivity contribution in [2.24, 2.45) is 0 Å². The molecule has 0 saturated carbocycles. The van der Waals surface area contributed by atoms with Gasteiger partial charge in [0.15, 0.2) is 0 Å². The lowest BCUT2D eigenvalue weighted by molar-refractivity contribution is 0.380. The van der Waals surface area contributed by atoms with Gasteiger partial charge in [-0.3, -0.25) is 0 Å². The van der Waals surface area contributed by atoms with Crippen molar-refractivity contribution in [1.82, 2.24) is 19.9 Å². The van der Waals surface area contributed by atoms with Gasteiger partial charge in [0.2, 0.25) is 0 Å². The van der Waals surface area contributed by atoms with E-state index in [4.69, 9.17) is 9.72 Å². The van der Waals surface area contributed by atoms with Crippen LogP contribution in [0.1, 0.15) is 0 Å². The monoisotopic (exact) mass is 392 g/mol. The minimum atomic E-state index is -0.294. The smallest absolute Gasteiger partial charge is 0.316 e. The molecule has 0 saturated heterocycles. The van der Waals surface area contributed by atoms with Crippen molar-refractivity contribution in [3.05, 3.63) is 66.6 Å². The summed E-state index contributed by atoms with van der Waals surface area (Å²) in [7, 11) is 1.52. The highest BCUT2D eigenvalue weighted by atomic mass is 32.2. The van der Waals surface area contributed by atoms with Crippen molar-refractivity contribution in [2.75, 3.05) is 13.4 Å². The third-order valence-electron chi connectivity index (χ3n) is 4.26. The van der Waals surface area contributed by atoms with E-state index >= 15 is 0 Å². The third kappa shape index (κ3) is 3.61. The second-order valence-corrected chi connectivity index (χ2v) is 6.85. The molecular weight excluding hydrogens is 375 g/mol. The Balaban J connectivity index is 1.86. The van der Waals surface area contributed by atoms with Crippen LogP contribution in [0.4, 0.5) is 4.39 Å². The summed E-state index contributed by atoms with van der Waals surface area (Å²) in [5, 5.41) is 0. The summed E-state index contributed by atoms with van der Waals surface area (Å²) >= 11 is 1.68. The zero-order valence-electron chi connectivity index (χ0n) is 15.3. The number of thioether (sulfide) groups is 1. The topological polar surface area (TPSA) is 63.7 Å². The van der Waals surface area contributed by atoms with Gasteiger partial charge in [0.25, 0.3) is 0 Å². The molecule has 0 radical (unpaired) electrons. The van der Waals surface area contributed by atoms with Gasteiger partial charge in [0.05, 0.1) is 24.2 Å². The van der Waals surface area contributed by atoms with Gasteiger partial charge in [0.1, 0.15) is 11.6 Å². The largest absolute Gasteiger partial charge is 0.467 e. The Bertz CT molecular complexity index is 1090. The highest BCUT2D eigenvalue weighted by Crippen LogP contribution is 2.33. The Hall–Kier alpha value is -3.19. The maximum atomic E-state index is 13.4. The quantitative estimate of drug-likeness (QED) is 0.481. The Morgan fingerprint density at radius 2 is 1.64 bits per heavy atom. The predicted molar refractivity (Wildman–Crippen MR) is 109 cm³/mol. The van der Waals surface area contributed by atoms with Crippen molar-refractivity contribution < 1.29 is 9.13 Å². The van der Waals surface area contributed by atoms with E-state index in [9.17, 15) is 4.39 Å². The van der Waals surface area contributed by atoms with Crippen LogP contribution >= 0.6 is 11.8 Å². The first-order valence-corrected chi connectivity index (χ1v) is 9.78. The molecule has 4 rings (SSSR count). The number of rotatable bonds is 5. The number of nitrogens with zero attached hydrogens (tertiary/aromatic N) is 3. The first-order valence-electron chi connectivity index (χ1n) is 8.55. The Morgan fingerprint density at radius 3 is 2.32 bits per heavy atom. The van der Waals surface area contributed by atoms with Crippen LogP contribution in [0.25, 0.3) is 34.0 Å². The van der Waals surface area contributed by atoms with E-state index in [-0.39, 0.29) is 11.8 Å². The molecule has 0 atom stereocenters. The van der Waals surface area contributed by atoms with Crippen LogP contribution in [-0.4, -0.2) is 33.3 Å². The average Bonchev–Trinajstić information content (AvgIpc) is 3.20. The lowest BCUT2D eigenvalue weighted by Gasteiger charge is -2.04. The van der Waals surface area contributed by atoms with E-state index < -0.39 is 0 Å². The molecule has 140 valence electrons. The fourth-order valence-corrected chi connectivity index (χ4v) is 3.25. The number of aromatic nitrogens is 4. The Labute approximate surface area is 166 Å². The molecule has 0 aliphatic heterocycles. The molecule has 7 heteroatoms. The van der Waals surface area contributed by atoms with Crippen LogP contribution in [0.2, 0.25) is 0 Å². The maximum Gasteiger partial charge on any atom is 0.316 e. The van der Waals surface area contributed by atoms with Crippen LogP contribution in [-0.2, 0) is 0 Å². The standard InChI is InChI=1S/C21H17FN4OS/c1-27-21-23-12-11-17(24-21)19-18(13-3-7-15(22)8-4-13)25-20(26-19)14-5-9-16(28-2)10-6-14/h3-12H,1-2H3,(H,25,26). The number of ether oxygens (including phenoxy) is 1. The van der Waals surface area contributed by atoms with Crippen molar-refractivity contribution in [1.29, 1.82) is 0 Å². The number of hydrogen-bond acceptors (Lipinski definition) is 5. The van der Waals surface area contributed by atoms with E-state index in [0.29, 0.717) is 17.2 Å². The van der Waals surface area contributed by atoms with Gasteiger partial charge in [-0.05, 0) is 48.7 Å². The summed E-state index contributed by atoms with van der Waals surface area (Å²) in [6.07, 6.45) is 3.67. The molecule has 2 aromatic carbocycles. The van der Waals surface area contributed by atoms with Crippen molar-refractivity contribution >= 4 is 11.8 Å². The van der Waals surface area contributed by atoms with Crippen LogP contribution in [0.5, 0.6) is 6.01 Å². The summed E-state index contributed by atoms with van der Waals surface area (Å²) in [6, 6.07) is 16.4. The van der Waals surface area contributed by atoms with Crippen LogP contribution < -0.4 is 4.74 Å². The van der Waals surface area contributed by atoms with Gasteiger partial charge in [-0.15, -0.1) is 11.8 Å². The molecule has 0 amide bonds. The number of methoxy groups -OCH3 is 1. The van der Waals surface area contributed by atoms with E-state index in [2.05, 4.69) is 15.0 Å². The molecule has 4 aromatic rings. The zero-order valence-corrected chi connectivity index (χ0v) is 16.1. The second-order valence-electron chi connectivity index (χ2n) is 5.97. The fraction of sp³-hybridized carbons (Fsp3) is 0.0952. The molecule has 0 fully saturated rings. The molecular formula is C21H17FN4OS.